The van der Waals surface area contributed by atoms with E-state index >= 15 is 0 Å². The van der Waals surface area contributed by atoms with Crippen molar-refractivity contribution in [3.8, 4) is 5.75 Å². The van der Waals surface area contributed by atoms with Gasteiger partial charge < -0.3 is 9.15 Å². The maximum Gasteiger partial charge on any atom is 0.379 e. The van der Waals surface area contributed by atoms with Crippen molar-refractivity contribution in [3.63, 3.8) is 0 Å². The van der Waals surface area contributed by atoms with E-state index in [1.165, 1.54) is 18.5 Å². The number of furan rings is 1. The zero-order valence-electron chi connectivity index (χ0n) is 15.9. The number of nitrogens with one attached hydrogen (secondary N) is 1. The van der Waals surface area contributed by atoms with Crippen LogP contribution < -0.4 is 10.2 Å². The average Bonchev–Trinajstić information content (AvgIpc) is 3.30. The summed E-state index contributed by atoms with van der Waals surface area (Å²) in [6.07, 6.45) is 3.17. The average molecular weight is 398 g/mol. The summed E-state index contributed by atoms with van der Waals surface area (Å²) >= 11 is 0. The van der Waals surface area contributed by atoms with Crippen LogP contribution in [0, 0.1) is 0 Å². The summed E-state index contributed by atoms with van der Waals surface area (Å²) in [5.74, 6) is -0.253. The third-order valence-electron chi connectivity index (χ3n) is 4.45. The Morgan fingerprint density at radius 3 is 2.53 bits per heavy atom. The van der Waals surface area contributed by atoms with Gasteiger partial charge in [-0.1, -0.05) is 42.5 Å². The fraction of sp³-hybridized carbons (Fsp3) is 0.0417. The predicted octanol–water partition coefficient (Wildman–Crippen LogP) is 4.34. The molecule has 0 aliphatic rings. The van der Waals surface area contributed by atoms with Gasteiger partial charge in [-0.2, -0.15) is 5.10 Å². The van der Waals surface area contributed by atoms with Crippen molar-refractivity contribution in [2.24, 2.45) is 5.10 Å². The van der Waals surface area contributed by atoms with Crippen molar-refractivity contribution in [1.82, 2.24) is 5.43 Å². The predicted molar refractivity (Wildman–Crippen MR) is 113 cm³/mol. The fourth-order valence-electron chi connectivity index (χ4n) is 3.01. The first-order valence-corrected chi connectivity index (χ1v) is 9.33. The number of rotatable bonds is 6. The number of fused-ring (bicyclic) bond motifs is 1. The van der Waals surface area contributed by atoms with Crippen LogP contribution in [0.3, 0.4) is 0 Å². The van der Waals surface area contributed by atoms with Gasteiger partial charge in [0.2, 0.25) is 11.7 Å². The van der Waals surface area contributed by atoms with Crippen LogP contribution in [0.15, 0.2) is 94.6 Å². The Bertz CT molecular complexity index is 1190. The van der Waals surface area contributed by atoms with Crippen LogP contribution in [0.1, 0.15) is 21.7 Å². The van der Waals surface area contributed by atoms with E-state index in [9.17, 15) is 9.59 Å². The lowest BCUT2D eigenvalue weighted by Gasteiger charge is -2.05. The van der Waals surface area contributed by atoms with Gasteiger partial charge in [0.1, 0.15) is 5.75 Å². The molecule has 1 heterocycles. The van der Waals surface area contributed by atoms with E-state index in [-0.39, 0.29) is 18.1 Å². The summed E-state index contributed by atoms with van der Waals surface area (Å²) < 4.78 is 10.2. The molecule has 0 saturated carbocycles. The van der Waals surface area contributed by atoms with Gasteiger partial charge in [0.15, 0.2) is 0 Å². The number of carbonyl (C=O) groups is 2. The molecule has 0 fully saturated rings. The summed E-state index contributed by atoms with van der Waals surface area (Å²) in [6.45, 7) is 0. The van der Waals surface area contributed by atoms with Crippen LogP contribution in [0.5, 0.6) is 5.75 Å². The molecule has 4 rings (SSSR count). The first-order chi connectivity index (χ1) is 14.7. The summed E-state index contributed by atoms with van der Waals surface area (Å²) in [5, 5.41) is 6.15. The molecule has 0 aliphatic carbocycles. The molecule has 0 bridgehead atoms. The van der Waals surface area contributed by atoms with Crippen LogP contribution >= 0.6 is 0 Å². The van der Waals surface area contributed by atoms with Crippen molar-refractivity contribution < 1.29 is 18.7 Å². The molecule has 1 N–H and O–H groups in total. The number of carbonyl (C=O) groups excluding carboxylic acids is 2. The molecule has 0 spiro atoms. The maximum atomic E-state index is 12.2. The van der Waals surface area contributed by atoms with Crippen molar-refractivity contribution >= 4 is 28.9 Å². The largest absolute Gasteiger partial charge is 0.457 e. The molecular weight excluding hydrogens is 380 g/mol. The van der Waals surface area contributed by atoms with Gasteiger partial charge in [0, 0.05) is 0 Å². The smallest absolute Gasteiger partial charge is 0.379 e. The molecule has 6 heteroatoms. The van der Waals surface area contributed by atoms with E-state index in [4.69, 9.17) is 9.15 Å². The highest BCUT2D eigenvalue weighted by atomic mass is 16.5. The number of nitrogens with zero attached hydrogens (tertiary/aromatic N) is 1. The van der Waals surface area contributed by atoms with E-state index in [0.29, 0.717) is 5.75 Å². The van der Waals surface area contributed by atoms with Crippen molar-refractivity contribution in [3.05, 3.63) is 102 Å². The Kier molecular flexibility index (Phi) is 5.66. The minimum atomic E-state index is -0.567. The number of esters is 1. The highest BCUT2D eigenvalue weighted by Crippen LogP contribution is 2.19. The number of hydrogen-bond acceptors (Lipinski definition) is 5. The van der Waals surface area contributed by atoms with E-state index in [1.54, 1.807) is 30.3 Å². The fourth-order valence-corrected chi connectivity index (χ4v) is 3.01. The first-order valence-electron chi connectivity index (χ1n) is 9.33. The second-order valence-electron chi connectivity index (χ2n) is 6.54. The SMILES string of the molecule is O=C(Cc1cccc2ccccc12)N/N=C/c1ccc(OC(=O)c2ccco2)cc1. The molecule has 6 nitrogen and oxygen atoms in total. The van der Waals surface area contributed by atoms with Gasteiger partial charge in [-0.05, 0) is 58.3 Å². The Morgan fingerprint density at radius 2 is 1.73 bits per heavy atom. The number of hydrazone groups is 1. The number of hydrogen-bond donors (Lipinski definition) is 1. The first kappa shape index (κ1) is 19.1. The third-order valence-corrected chi connectivity index (χ3v) is 4.45. The lowest BCUT2D eigenvalue weighted by atomic mass is 10.0. The minimum absolute atomic E-state index is 0.134. The Balaban J connectivity index is 1.32. The highest BCUT2D eigenvalue weighted by Gasteiger charge is 2.11. The molecular formula is C24H18N2O4. The number of amides is 1. The molecule has 30 heavy (non-hydrogen) atoms. The third kappa shape index (κ3) is 4.62. The lowest BCUT2D eigenvalue weighted by molar-refractivity contribution is -0.120. The van der Waals surface area contributed by atoms with E-state index in [0.717, 1.165) is 21.9 Å². The molecule has 0 saturated heterocycles. The normalized spacial score (nSPS) is 10.9. The number of benzene rings is 3. The van der Waals surface area contributed by atoms with Crippen molar-refractivity contribution in [1.29, 1.82) is 0 Å². The van der Waals surface area contributed by atoms with Crippen LogP contribution in [0.4, 0.5) is 0 Å². The minimum Gasteiger partial charge on any atom is -0.457 e. The summed E-state index contributed by atoms with van der Waals surface area (Å²) in [5.41, 5.74) is 4.24. The molecule has 4 aromatic rings. The van der Waals surface area contributed by atoms with Crippen molar-refractivity contribution in [2.45, 2.75) is 6.42 Å². The Labute approximate surface area is 172 Å². The second kappa shape index (κ2) is 8.87. The van der Waals surface area contributed by atoms with Crippen LogP contribution in [-0.4, -0.2) is 18.1 Å². The molecule has 0 unspecified atom stereocenters. The van der Waals surface area contributed by atoms with E-state index in [2.05, 4.69) is 10.5 Å². The highest BCUT2D eigenvalue weighted by molar-refractivity contribution is 5.91. The second-order valence-corrected chi connectivity index (χ2v) is 6.54. The molecule has 0 aliphatic heterocycles. The Hall–Kier alpha value is -4.19. The molecule has 3 aromatic carbocycles. The molecule has 0 radical (unpaired) electrons. The quantitative estimate of drug-likeness (QED) is 0.227. The van der Waals surface area contributed by atoms with Gasteiger partial charge in [-0.3, -0.25) is 4.79 Å². The topological polar surface area (TPSA) is 80.9 Å². The molecule has 1 aromatic heterocycles. The molecule has 1 amide bonds. The van der Waals surface area contributed by atoms with Gasteiger partial charge in [-0.15, -0.1) is 0 Å². The summed E-state index contributed by atoms with van der Waals surface area (Å²) in [4.78, 5) is 24.1. The summed E-state index contributed by atoms with van der Waals surface area (Å²) in [7, 11) is 0. The van der Waals surface area contributed by atoms with Gasteiger partial charge >= 0.3 is 5.97 Å². The molecule has 148 valence electrons. The monoisotopic (exact) mass is 398 g/mol. The van der Waals surface area contributed by atoms with Crippen molar-refractivity contribution in [2.75, 3.05) is 0 Å². The summed E-state index contributed by atoms with van der Waals surface area (Å²) in [6, 6.07) is 23.7. The van der Waals surface area contributed by atoms with Crippen LogP contribution in [0.2, 0.25) is 0 Å². The zero-order valence-corrected chi connectivity index (χ0v) is 15.9. The Morgan fingerprint density at radius 1 is 0.933 bits per heavy atom. The lowest BCUT2D eigenvalue weighted by Crippen LogP contribution is -2.19. The molecule has 0 atom stereocenters. The van der Waals surface area contributed by atoms with Gasteiger partial charge in [0.25, 0.3) is 0 Å². The van der Waals surface area contributed by atoms with E-state index < -0.39 is 5.97 Å². The number of ether oxygens (including phenoxy) is 1. The van der Waals surface area contributed by atoms with Crippen LogP contribution in [-0.2, 0) is 11.2 Å². The zero-order chi connectivity index (χ0) is 20.8. The van der Waals surface area contributed by atoms with E-state index in [1.807, 2.05) is 42.5 Å². The van der Waals surface area contributed by atoms with Gasteiger partial charge in [-0.25, -0.2) is 10.2 Å². The van der Waals surface area contributed by atoms with Gasteiger partial charge in [0.05, 0.1) is 18.9 Å². The standard InChI is InChI=1S/C24H18N2O4/c27-23(15-19-7-3-6-18-5-1-2-8-21(18)19)26-25-16-17-10-12-20(13-11-17)30-24(28)22-9-4-14-29-22/h1-14,16H,15H2,(H,26,27)/b25-16+. The van der Waals surface area contributed by atoms with Crippen LogP contribution in [0.25, 0.3) is 10.8 Å². The maximum absolute atomic E-state index is 12.2.